The molecule has 0 aliphatic carbocycles. The summed E-state index contributed by atoms with van der Waals surface area (Å²) in [6.07, 6.45) is 1.93. The molecular formula is C17H24O5S. The summed E-state index contributed by atoms with van der Waals surface area (Å²) < 4.78 is 36.2. The Morgan fingerprint density at radius 2 is 2.00 bits per heavy atom. The molecule has 1 fully saturated rings. The predicted octanol–water partition coefficient (Wildman–Crippen LogP) is 3.35. The van der Waals surface area contributed by atoms with Crippen molar-refractivity contribution in [2.45, 2.75) is 57.5 Å². The SMILES string of the molecule is CCCOc1c(C)cc(C2CCC(=O)O2)cc1S(=O)(=O)CCC. The molecule has 128 valence electrons. The van der Waals surface area contributed by atoms with E-state index in [1.165, 1.54) is 0 Å². The zero-order valence-electron chi connectivity index (χ0n) is 13.9. The lowest BCUT2D eigenvalue weighted by atomic mass is 10.0. The molecule has 1 saturated heterocycles. The van der Waals surface area contributed by atoms with Crippen LogP contribution >= 0.6 is 0 Å². The summed E-state index contributed by atoms with van der Waals surface area (Å²) in [6, 6.07) is 3.48. The van der Waals surface area contributed by atoms with Crippen LogP contribution in [0.25, 0.3) is 0 Å². The zero-order valence-corrected chi connectivity index (χ0v) is 14.7. The fourth-order valence-corrected chi connectivity index (χ4v) is 4.29. The van der Waals surface area contributed by atoms with E-state index in [0.717, 1.165) is 17.5 Å². The number of cyclic esters (lactones) is 1. The highest BCUT2D eigenvalue weighted by Crippen LogP contribution is 2.37. The molecule has 2 rings (SSSR count). The van der Waals surface area contributed by atoms with E-state index in [4.69, 9.17) is 9.47 Å². The number of rotatable bonds is 7. The number of hydrogen-bond donors (Lipinski definition) is 0. The van der Waals surface area contributed by atoms with Crippen LogP contribution in [0.15, 0.2) is 17.0 Å². The molecular weight excluding hydrogens is 316 g/mol. The first-order valence-corrected chi connectivity index (χ1v) is 9.73. The highest BCUT2D eigenvalue weighted by Gasteiger charge is 2.29. The Morgan fingerprint density at radius 1 is 1.26 bits per heavy atom. The van der Waals surface area contributed by atoms with Gasteiger partial charge in [-0.05, 0) is 49.4 Å². The van der Waals surface area contributed by atoms with Gasteiger partial charge in [-0.1, -0.05) is 13.8 Å². The summed E-state index contributed by atoms with van der Waals surface area (Å²) in [7, 11) is -3.42. The fraction of sp³-hybridized carbons (Fsp3) is 0.588. The molecule has 0 bridgehead atoms. The summed E-state index contributed by atoms with van der Waals surface area (Å²) in [6.45, 7) is 6.10. The third-order valence-electron chi connectivity index (χ3n) is 3.78. The van der Waals surface area contributed by atoms with Crippen LogP contribution in [0, 0.1) is 6.92 Å². The predicted molar refractivity (Wildman–Crippen MR) is 87.4 cm³/mol. The van der Waals surface area contributed by atoms with E-state index in [-0.39, 0.29) is 22.7 Å². The molecule has 0 saturated carbocycles. The summed E-state index contributed by atoms with van der Waals surface area (Å²) in [5.41, 5.74) is 1.49. The molecule has 5 nitrogen and oxygen atoms in total. The second-order valence-corrected chi connectivity index (χ2v) is 7.93. The Kier molecular flexibility index (Phi) is 5.68. The largest absolute Gasteiger partial charge is 0.492 e. The quantitative estimate of drug-likeness (QED) is 0.712. The van der Waals surface area contributed by atoms with Crippen LogP contribution < -0.4 is 4.74 Å². The first kappa shape index (κ1) is 17.8. The van der Waals surface area contributed by atoms with Gasteiger partial charge < -0.3 is 9.47 Å². The highest BCUT2D eigenvalue weighted by molar-refractivity contribution is 7.91. The number of aryl methyl sites for hydroxylation is 1. The molecule has 1 unspecified atom stereocenters. The summed E-state index contributed by atoms with van der Waals surface area (Å²) in [5.74, 6) is 0.258. The van der Waals surface area contributed by atoms with Crippen molar-refractivity contribution in [3.63, 3.8) is 0 Å². The number of benzene rings is 1. The number of hydrogen-bond acceptors (Lipinski definition) is 5. The van der Waals surface area contributed by atoms with Crippen molar-refractivity contribution in [2.24, 2.45) is 0 Å². The maximum Gasteiger partial charge on any atom is 0.306 e. The Morgan fingerprint density at radius 3 is 2.57 bits per heavy atom. The summed E-state index contributed by atoms with van der Waals surface area (Å²) in [4.78, 5) is 11.6. The molecule has 0 radical (unpaired) electrons. The molecule has 1 aliphatic rings. The van der Waals surface area contributed by atoms with Crippen molar-refractivity contribution in [3.05, 3.63) is 23.3 Å². The van der Waals surface area contributed by atoms with Crippen molar-refractivity contribution in [3.8, 4) is 5.75 Å². The average Bonchev–Trinajstić information content (AvgIpc) is 2.92. The van der Waals surface area contributed by atoms with E-state index in [1.807, 2.05) is 26.8 Å². The van der Waals surface area contributed by atoms with Gasteiger partial charge in [-0.15, -0.1) is 0 Å². The second kappa shape index (κ2) is 7.34. The minimum Gasteiger partial charge on any atom is -0.492 e. The van der Waals surface area contributed by atoms with Crippen LogP contribution in [0.4, 0.5) is 0 Å². The van der Waals surface area contributed by atoms with Crippen LogP contribution in [0.1, 0.15) is 56.8 Å². The van der Waals surface area contributed by atoms with E-state index < -0.39 is 9.84 Å². The van der Waals surface area contributed by atoms with E-state index in [0.29, 0.717) is 31.6 Å². The first-order chi connectivity index (χ1) is 10.9. The molecule has 6 heteroatoms. The summed E-state index contributed by atoms with van der Waals surface area (Å²) in [5, 5.41) is 0. The third kappa shape index (κ3) is 4.05. The van der Waals surface area contributed by atoms with Crippen LogP contribution in [-0.2, 0) is 19.4 Å². The van der Waals surface area contributed by atoms with E-state index >= 15 is 0 Å². The smallest absolute Gasteiger partial charge is 0.306 e. The topological polar surface area (TPSA) is 69.7 Å². The third-order valence-corrected chi connectivity index (χ3v) is 5.70. The van der Waals surface area contributed by atoms with Crippen LogP contribution in [0.3, 0.4) is 0 Å². The lowest BCUT2D eigenvalue weighted by molar-refractivity contribution is -0.141. The Bertz CT molecular complexity index is 678. The molecule has 1 heterocycles. The van der Waals surface area contributed by atoms with Crippen molar-refractivity contribution in [1.82, 2.24) is 0 Å². The van der Waals surface area contributed by atoms with Crippen molar-refractivity contribution in [1.29, 1.82) is 0 Å². The van der Waals surface area contributed by atoms with Gasteiger partial charge in [0.2, 0.25) is 0 Å². The van der Waals surface area contributed by atoms with Crippen LogP contribution in [-0.4, -0.2) is 26.7 Å². The normalized spacial score (nSPS) is 18.0. The molecule has 1 atom stereocenters. The van der Waals surface area contributed by atoms with Crippen molar-refractivity contribution >= 4 is 15.8 Å². The van der Waals surface area contributed by atoms with Gasteiger partial charge in [0.25, 0.3) is 0 Å². The Labute approximate surface area is 137 Å². The Balaban J connectivity index is 2.49. The van der Waals surface area contributed by atoms with Crippen molar-refractivity contribution < 1.29 is 22.7 Å². The van der Waals surface area contributed by atoms with Gasteiger partial charge in [0.05, 0.1) is 12.4 Å². The second-order valence-electron chi connectivity index (χ2n) is 5.85. The number of esters is 1. The van der Waals surface area contributed by atoms with Gasteiger partial charge in [0.15, 0.2) is 9.84 Å². The van der Waals surface area contributed by atoms with Gasteiger partial charge in [-0.25, -0.2) is 8.42 Å². The molecule has 23 heavy (non-hydrogen) atoms. The number of carbonyl (C=O) groups is 1. The van der Waals surface area contributed by atoms with Crippen molar-refractivity contribution in [2.75, 3.05) is 12.4 Å². The lowest BCUT2D eigenvalue weighted by Crippen LogP contribution is -2.12. The van der Waals surface area contributed by atoms with Crippen LogP contribution in [0.5, 0.6) is 5.75 Å². The monoisotopic (exact) mass is 340 g/mol. The maximum absolute atomic E-state index is 12.6. The van der Waals surface area contributed by atoms with Gasteiger partial charge in [-0.3, -0.25) is 4.79 Å². The minimum absolute atomic E-state index is 0.0723. The highest BCUT2D eigenvalue weighted by atomic mass is 32.2. The van der Waals surface area contributed by atoms with E-state index in [9.17, 15) is 13.2 Å². The molecule has 0 N–H and O–H groups in total. The standard InChI is InChI=1S/C17H24O5S/c1-4-8-21-17-12(3)10-13(14-6-7-16(18)22-14)11-15(17)23(19,20)9-5-2/h10-11,14H,4-9H2,1-3H3. The first-order valence-electron chi connectivity index (χ1n) is 8.08. The average molecular weight is 340 g/mol. The van der Waals surface area contributed by atoms with E-state index in [2.05, 4.69) is 0 Å². The van der Waals surface area contributed by atoms with Gasteiger partial charge in [0, 0.05) is 6.42 Å². The summed E-state index contributed by atoms with van der Waals surface area (Å²) >= 11 is 0. The molecule has 0 aromatic heterocycles. The lowest BCUT2D eigenvalue weighted by Gasteiger charge is -2.18. The maximum atomic E-state index is 12.6. The fourth-order valence-electron chi connectivity index (χ4n) is 2.71. The molecule has 0 spiro atoms. The number of ether oxygens (including phenoxy) is 2. The van der Waals surface area contributed by atoms with Gasteiger partial charge in [-0.2, -0.15) is 0 Å². The number of carbonyl (C=O) groups excluding carboxylic acids is 1. The molecule has 1 aliphatic heterocycles. The molecule has 1 aromatic rings. The van der Waals surface area contributed by atoms with Gasteiger partial charge in [0.1, 0.15) is 16.7 Å². The molecule has 0 amide bonds. The number of sulfone groups is 1. The van der Waals surface area contributed by atoms with E-state index in [1.54, 1.807) is 6.07 Å². The minimum atomic E-state index is -3.42. The molecule has 1 aromatic carbocycles. The zero-order chi connectivity index (χ0) is 17.0. The Hall–Kier alpha value is -1.56. The van der Waals surface area contributed by atoms with Crippen LogP contribution in [0.2, 0.25) is 0 Å². The van der Waals surface area contributed by atoms with Gasteiger partial charge >= 0.3 is 5.97 Å².